The Kier molecular flexibility index (Phi) is 4.48. The van der Waals surface area contributed by atoms with E-state index in [0.29, 0.717) is 12.1 Å². The maximum absolute atomic E-state index is 13.9. The van der Waals surface area contributed by atoms with Gasteiger partial charge in [-0.1, -0.05) is 43.2 Å². The lowest BCUT2D eigenvalue weighted by molar-refractivity contribution is 0.233. The van der Waals surface area contributed by atoms with E-state index < -0.39 is 7.59 Å². The number of likely N-dealkylation sites (N-methyl/N-ethyl adjacent to an activating group) is 2. The molecule has 122 valence electrons. The molecule has 4 nitrogen and oxygen atoms in total. The van der Waals surface area contributed by atoms with Crippen molar-refractivity contribution >= 4 is 7.59 Å². The molecule has 0 unspecified atom stereocenters. The maximum atomic E-state index is 13.9. The van der Waals surface area contributed by atoms with Crippen molar-refractivity contribution < 1.29 is 4.57 Å². The third-order valence-corrected chi connectivity index (χ3v) is 9.13. The summed E-state index contributed by atoms with van der Waals surface area (Å²) < 4.78 is 20.4. The van der Waals surface area contributed by atoms with Crippen molar-refractivity contribution in [3.8, 4) is 0 Å². The molecular formula is C17H28N3OP. The van der Waals surface area contributed by atoms with E-state index >= 15 is 0 Å². The quantitative estimate of drug-likeness (QED) is 0.787. The summed E-state index contributed by atoms with van der Waals surface area (Å²) >= 11 is 0. The van der Waals surface area contributed by atoms with Gasteiger partial charge < -0.3 is 0 Å². The fourth-order valence-corrected chi connectivity index (χ4v) is 7.42. The zero-order valence-corrected chi connectivity index (χ0v) is 15.0. The number of rotatable bonds is 3. The molecule has 1 aliphatic carbocycles. The molecule has 0 spiro atoms. The first-order valence-electron chi connectivity index (χ1n) is 8.33. The Morgan fingerprint density at radius 3 is 2.09 bits per heavy atom. The Morgan fingerprint density at radius 1 is 1.09 bits per heavy atom. The molecule has 1 saturated carbocycles. The molecule has 1 saturated heterocycles. The minimum atomic E-state index is -2.67. The summed E-state index contributed by atoms with van der Waals surface area (Å²) in [4.78, 5) is 0. The number of hydrogen-bond donors (Lipinski definition) is 0. The molecule has 0 bridgehead atoms. The van der Waals surface area contributed by atoms with Crippen LogP contribution in [0.25, 0.3) is 0 Å². The lowest BCUT2D eigenvalue weighted by atomic mass is 9.91. The first-order chi connectivity index (χ1) is 10.5. The molecule has 2 aliphatic rings. The monoisotopic (exact) mass is 321 g/mol. The van der Waals surface area contributed by atoms with Gasteiger partial charge in [0.2, 0.25) is 0 Å². The van der Waals surface area contributed by atoms with Gasteiger partial charge in [0.05, 0.1) is 0 Å². The molecule has 3 rings (SSSR count). The van der Waals surface area contributed by atoms with Gasteiger partial charge in [0.25, 0.3) is 7.59 Å². The third kappa shape index (κ3) is 2.37. The van der Waals surface area contributed by atoms with Crippen molar-refractivity contribution in [3.63, 3.8) is 0 Å². The summed E-state index contributed by atoms with van der Waals surface area (Å²) in [6, 6.07) is 11.4. The highest BCUT2D eigenvalue weighted by Crippen LogP contribution is 2.65. The van der Waals surface area contributed by atoms with E-state index in [9.17, 15) is 4.57 Å². The molecule has 1 aromatic carbocycles. The Bertz CT molecular complexity index is 542. The molecule has 2 fully saturated rings. The van der Waals surface area contributed by atoms with Gasteiger partial charge in [-0.3, -0.25) is 4.57 Å². The van der Waals surface area contributed by atoms with Crippen LogP contribution in [0.3, 0.4) is 0 Å². The van der Waals surface area contributed by atoms with E-state index in [4.69, 9.17) is 0 Å². The van der Waals surface area contributed by atoms with Gasteiger partial charge in [0, 0.05) is 18.1 Å². The maximum Gasteiger partial charge on any atom is 0.287 e. The van der Waals surface area contributed by atoms with Crippen LogP contribution in [0.2, 0.25) is 0 Å². The normalized spacial score (nSPS) is 30.4. The van der Waals surface area contributed by atoms with E-state index in [1.807, 2.05) is 13.1 Å². The first kappa shape index (κ1) is 16.2. The van der Waals surface area contributed by atoms with Crippen molar-refractivity contribution in [2.24, 2.45) is 0 Å². The van der Waals surface area contributed by atoms with Gasteiger partial charge in [0.1, 0.15) is 0 Å². The Hall–Kier alpha value is -0.670. The fourth-order valence-electron chi connectivity index (χ4n) is 4.19. The van der Waals surface area contributed by atoms with Crippen LogP contribution in [-0.4, -0.2) is 47.2 Å². The predicted molar refractivity (Wildman–Crippen MR) is 91.8 cm³/mol. The zero-order chi connectivity index (χ0) is 15.9. The number of fused-ring (bicyclic) bond motifs is 1. The second kappa shape index (κ2) is 6.09. The average Bonchev–Trinajstić information content (AvgIpc) is 2.77. The largest absolute Gasteiger partial charge is 0.287 e. The van der Waals surface area contributed by atoms with Gasteiger partial charge in [0.15, 0.2) is 0 Å². The summed E-state index contributed by atoms with van der Waals surface area (Å²) in [7, 11) is 3.46. The van der Waals surface area contributed by atoms with Gasteiger partial charge in [-0.25, -0.2) is 14.0 Å². The van der Waals surface area contributed by atoms with E-state index in [0.717, 1.165) is 0 Å². The molecule has 0 N–H and O–H groups in total. The van der Waals surface area contributed by atoms with Crippen LogP contribution in [0, 0.1) is 0 Å². The average molecular weight is 321 g/mol. The van der Waals surface area contributed by atoms with Gasteiger partial charge in [-0.2, -0.15) is 0 Å². The molecule has 1 heterocycles. The smallest absolute Gasteiger partial charge is 0.270 e. The second-order valence-electron chi connectivity index (χ2n) is 6.74. The van der Waals surface area contributed by atoms with Crippen molar-refractivity contribution in [2.45, 2.75) is 50.7 Å². The zero-order valence-electron chi connectivity index (χ0n) is 14.1. The van der Waals surface area contributed by atoms with Crippen LogP contribution < -0.4 is 0 Å². The highest BCUT2D eigenvalue weighted by Gasteiger charge is 2.54. The van der Waals surface area contributed by atoms with Gasteiger partial charge >= 0.3 is 0 Å². The predicted octanol–water partition coefficient (Wildman–Crippen LogP) is 3.98. The molecular weight excluding hydrogens is 293 g/mol. The van der Waals surface area contributed by atoms with Gasteiger partial charge in [-0.05, 0) is 46.5 Å². The molecule has 1 aliphatic heterocycles. The van der Waals surface area contributed by atoms with E-state index in [2.05, 4.69) is 59.3 Å². The van der Waals surface area contributed by atoms with E-state index in [-0.39, 0.29) is 6.04 Å². The topological polar surface area (TPSA) is 26.8 Å². The van der Waals surface area contributed by atoms with Crippen molar-refractivity contribution in [3.05, 3.63) is 35.9 Å². The highest BCUT2D eigenvalue weighted by atomic mass is 31.2. The summed E-state index contributed by atoms with van der Waals surface area (Å²) in [6.07, 6.45) is 4.86. The van der Waals surface area contributed by atoms with Crippen LogP contribution in [0.15, 0.2) is 30.3 Å². The molecule has 5 heteroatoms. The SMILES string of the molecule is C[C@@H](c1ccccc1)N(C)P1(=O)N(C)[C@@H]2CCCC[C@H]2N1C. The van der Waals surface area contributed by atoms with Crippen LogP contribution in [0.5, 0.6) is 0 Å². The molecule has 0 radical (unpaired) electrons. The second-order valence-corrected chi connectivity index (χ2v) is 9.66. The lowest BCUT2D eigenvalue weighted by Crippen LogP contribution is -2.37. The fraction of sp³-hybridized carbons (Fsp3) is 0.647. The van der Waals surface area contributed by atoms with Gasteiger partial charge in [-0.15, -0.1) is 0 Å². The standard InChI is InChI=1S/C17H28N3OP/c1-14(15-10-6-5-7-11-15)18(2)22(21)19(3)16-12-8-9-13-17(16)20(22)4/h5-7,10-11,14,16-17H,8-9,12-13H2,1-4H3/t14-,16+,17+/m0/s1. The number of hydrogen-bond acceptors (Lipinski definition) is 1. The number of nitrogens with zero attached hydrogens (tertiary/aromatic N) is 3. The lowest BCUT2D eigenvalue weighted by Gasteiger charge is -2.38. The van der Waals surface area contributed by atoms with Crippen molar-refractivity contribution in [2.75, 3.05) is 21.1 Å². The van der Waals surface area contributed by atoms with E-state index in [1.54, 1.807) is 0 Å². The van der Waals surface area contributed by atoms with Crippen LogP contribution >= 0.6 is 7.59 Å². The Morgan fingerprint density at radius 2 is 1.59 bits per heavy atom. The molecule has 3 atom stereocenters. The van der Waals surface area contributed by atoms with Crippen molar-refractivity contribution in [1.29, 1.82) is 0 Å². The highest BCUT2D eigenvalue weighted by molar-refractivity contribution is 7.56. The summed E-state index contributed by atoms with van der Waals surface area (Å²) in [5.41, 5.74) is 1.22. The van der Waals surface area contributed by atoms with E-state index in [1.165, 1.54) is 31.2 Å². The minimum absolute atomic E-state index is 0.136. The molecule has 0 amide bonds. The van der Waals surface area contributed by atoms with Crippen LogP contribution in [0.4, 0.5) is 0 Å². The van der Waals surface area contributed by atoms with Crippen molar-refractivity contribution in [1.82, 2.24) is 14.0 Å². The third-order valence-electron chi connectivity index (χ3n) is 5.73. The minimum Gasteiger partial charge on any atom is -0.270 e. The Labute approximate surface area is 134 Å². The summed E-state index contributed by atoms with van der Waals surface area (Å²) in [6.45, 7) is 2.15. The summed E-state index contributed by atoms with van der Waals surface area (Å²) in [5.74, 6) is 0. The molecule has 1 aromatic rings. The summed E-state index contributed by atoms with van der Waals surface area (Å²) in [5, 5.41) is 0. The molecule has 0 aromatic heterocycles. The van der Waals surface area contributed by atoms with Crippen LogP contribution in [0.1, 0.15) is 44.2 Å². The molecule has 22 heavy (non-hydrogen) atoms. The Balaban J connectivity index is 1.90. The van der Waals surface area contributed by atoms with Crippen LogP contribution in [-0.2, 0) is 4.57 Å². The first-order valence-corrected chi connectivity index (χ1v) is 9.89. The number of benzene rings is 1.